The molecule has 0 radical (unpaired) electrons. The van der Waals surface area contributed by atoms with Crippen LogP contribution in [-0.2, 0) is 4.79 Å². The molecule has 0 spiro atoms. The number of carbonyl (C=O) groups excluding carboxylic acids is 1. The fourth-order valence-electron chi connectivity index (χ4n) is 2.24. The lowest BCUT2D eigenvalue weighted by molar-refractivity contribution is -0.386. The molecule has 2 rings (SSSR count). The predicted molar refractivity (Wildman–Crippen MR) is 88.2 cm³/mol. The van der Waals surface area contributed by atoms with Gasteiger partial charge in [0.25, 0.3) is 0 Å². The molecule has 0 aliphatic rings. The second-order valence-corrected chi connectivity index (χ2v) is 5.85. The molecule has 122 valence electrons. The molecule has 1 amide bonds. The molecule has 0 aliphatic carbocycles. The number of hydrogen-bond donors (Lipinski definition) is 1. The number of nitro groups is 1. The van der Waals surface area contributed by atoms with Gasteiger partial charge in [-0.15, -0.1) is 0 Å². The molecule has 0 bridgehead atoms. The van der Waals surface area contributed by atoms with E-state index in [4.69, 9.17) is 23.2 Å². The lowest BCUT2D eigenvalue weighted by Crippen LogP contribution is -2.25. The zero-order valence-corrected chi connectivity index (χ0v) is 14.1. The van der Waals surface area contributed by atoms with Crippen molar-refractivity contribution < 1.29 is 9.72 Å². The Labute approximate surface area is 142 Å². The third kappa shape index (κ3) is 3.46. The number of aromatic nitrogens is 2. The Bertz CT molecular complexity index is 789. The average molecular weight is 357 g/mol. The Hall–Kier alpha value is -2.12. The Balaban J connectivity index is 2.28. The molecule has 0 unspecified atom stereocenters. The van der Waals surface area contributed by atoms with E-state index in [-0.39, 0.29) is 11.4 Å². The molecule has 1 N–H and O–H groups in total. The molecule has 0 fully saturated rings. The van der Waals surface area contributed by atoms with Crippen molar-refractivity contribution in [2.75, 3.05) is 5.32 Å². The smallest absolute Gasteiger partial charge is 0.312 e. The van der Waals surface area contributed by atoms with Gasteiger partial charge in [-0.1, -0.05) is 23.2 Å². The minimum atomic E-state index is -0.752. The molecule has 2 aromatic rings. The molecule has 23 heavy (non-hydrogen) atoms. The number of halogens is 2. The zero-order chi connectivity index (χ0) is 17.3. The number of hydrogen-bond acceptors (Lipinski definition) is 4. The van der Waals surface area contributed by atoms with Crippen molar-refractivity contribution in [3.63, 3.8) is 0 Å². The molecule has 1 aromatic carbocycles. The van der Waals surface area contributed by atoms with E-state index < -0.39 is 16.9 Å². The van der Waals surface area contributed by atoms with Crippen molar-refractivity contribution >= 4 is 40.5 Å². The van der Waals surface area contributed by atoms with Crippen LogP contribution in [0.4, 0.5) is 11.4 Å². The van der Waals surface area contributed by atoms with Gasteiger partial charge in [0.05, 0.1) is 15.6 Å². The van der Waals surface area contributed by atoms with Gasteiger partial charge in [0.1, 0.15) is 17.4 Å². The maximum Gasteiger partial charge on any atom is 0.312 e. The van der Waals surface area contributed by atoms with Crippen LogP contribution in [0, 0.1) is 24.0 Å². The normalized spacial score (nSPS) is 12.0. The Morgan fingerprint density at radius 2 is 2.04 bits per heavy atom. The summed E-state index contributed by atoms with van der Waals surface area (Å²) in [6.07, 6.45) is 0. The first-order valence-corrected chi connectivity index (χ1v) is 7.44. The highest BCUT2D eigenvalue weighted by Gasteiger charge is 2.27. The number of rotatable bonds is 4. The van der Waals surface area contributed by atoms with Gasteiger partial charge in [-0.05, 0) is 39.0 Å². The summed E-state index contributed by atoms with van der Waals surface area (Å²) in [4.78, 5) is 22.9. The third-order valence-electron chi connectivity index (χ3n) is 3.40. The molecule has 1 heterocycles. The van der Waals surface area contributed by atoms with E-state index >= 15 is 0 Å². The summed E-state index contributed by atoms with van der Waals surface area (Å²) in [6.45, 7) is 4.67. The van der Waals surface area contributed by atoms with Gasteiger partial charge in [-0.3, -0.25) is 19.6 Å². The van der Waals surface area contributed by atoms with Crippen LogP contribution < -0.4 is 5.32 Å². The van der Waals surface area contributed by atoms with Gasteiger partial charge in [-0.2, -0.15) is 5.10 Å². The summed E-state index contributed by atoms with van der Waals surface area (Å²) < 4.78 is 1.32. The number of aryl methyl sites for hydroxylation is 1. The first-order valence-electron chi connectivity index (χ1n) is 6.68. The predicted octanol–water partition coefficient (Wildman–Crippen LogP) is 3.91. The van der Waals surface area contributed by atoms with Crippen molar-refractivity contribution in [2.24, 2.45) is 0 Å². The highest BCUT2D eigenvalue weighted by atomic mass is 35.5. The van der Waals surface area contributed by atoms with E-state index in [1.54, 1.807) is 26.0 Å². The minimum Gasteiger partial charge on any atom is -0.323 e. The van der Waals surface area contributed by atoms with E-state index in [0.717, 1.165) is 0 Å². The number of carbonyl (C=O) groups is 1. The largest absolute Gasteiger partial charge is 0.323 e. The van der Waals surface area contributed by atoms with E-state index in [0.29, 0.717) is 21.4 Å². The average Bonchev–Trinajstić information content (AvgIpc) is 2.77. The summed E-state index contributed by atoms with van der Waals surface area (Å²) in [5.41, 5.74) is 0.845. The van der Waals surface area contributed by atoms with Crippen LogP contribution in [0.25, 0.3) is 0 Å². The van der Waals surface area contributed by atoms with Gasteiger partial charge >= 0.3 is 5.69 Å². The lowest BCUT2D eigenvalue weighted by Gasteiger charge is -2.15. The number of anilines is 1. The molecule has 1 atom stereocenters. The molecule has 9 heteroatoms. The highest BCUT2D eigenvalue weighted by molar-refractivity contribution is 6.35. The molecule has 0 aliphatic heterocycles. The monoisotopic (exact) mass is 356 g/mol. The standard InChI is InChI=1S/C14H14Cl2N4O3/c1-7-13(20(22)23)8(2)19(18-7)9(3)14(21)17-12-6-10(15)4-5-11(12)16/h4-6,9H,1-3H3,(H,17,21)/t9-/m1/s1. The fraction of sp³-hybridized carbons (Fsp3) is 0.286. The van der Waals surface area contributed by atoms with Crippen LogP contribution in [0.1, 0.15) is 24.4 Å². The third-order valence-corrected chi connectivity index (χ3v) is 3.97. The van der Waals surface area contributed by atoms with E-state index in [9.17, 15) is 14.9 Å². The van der Waals surface area contributed by atoms with E-state index in [1.807, 2.05) is 0 Å². The molecule has 7 nitrogen and oxygen atoms in total. The van der Waals surface area contributed by atoms with Crippen LogP contribution in [0.3, 0.4) is 0 Å². The summed E-state index contributed by atoms with van der Waals surface area (Å²) in [5.74, 6) is -0.408. The summed E-state index contributed by atoms with van der Waals surface area (Å²) >= 11 is 11.9. The van der Waals surface area contributed by atoms with Gasteiger partial charge in [0.2, 0.25) is 5.91 Å². The maximum absolute atomic E-state index is 12.4. The Morgan fingerprint density at radius 1 is 1.39 bits per heavy atom. The first-order chi connectivity index (χ1) is 10.7. The van der Waals surface area contributed by atoms with Gasteiger partial charge in [-0.25, -0.2) is 0 Å². The fourth-order valence-corrected chi connectivity index (χ4v) is 2.57. The topological polar surface area (TPSA) is 90.1 Å². The van der Waals surface area contributed by atoms with Crippen LogP contribution in [0.5, 0.6) is 0 Å². The first kappa shape index (κ1) is 17.2. The van der Waals surface area contributed by atoms with Crippen molar-refractivity contribution in [1.29, 1.82) is 0 Å². The van der Waals surface area contributed by atoms with Gasteiger partial charge in [0, 0.05) is 5.02 Å². The summed E-state index contributed by atoms with van der Waals surface area (Å²) in [7, 11) is 0. The number of amides is 1. The lowest BCUT2D eigenvalue weighted by atomic mass is 10.2. The minimum absolute atomic E-state index is 0.0922. The van der Waals surface area contributed by atoms with Crippen molar-refractivity contribution in [3.05, 3.63) is 49.7 Å². The van der Waals surface area contributed by atoms with Crippen molar-refractivity contribution in [3.8, 4) is 0 Å². The second-order valence-electron chi connectivity index (χ2n) is 5.01. The molecule has 1 aromatic heterocycles. The maximum atomic E-state index is 12.4. The van der Waals surface area contributed by atoms with Crippen LogP contribution in [-0.4, -0.2) is 20.6 Å². The molecular formula is C14H14Cl2N4O3. The summed E-state index contributed by atoms with van der Waals surface area (Å²) in [6, 6.07) is 3.95. The van der Waals surface area contributed by atoms with E-state index in [2.05, 4.69) is 10.4 Å². The summed E-state index contributed by atoms with van der Waals surface area (Å²) in [5, 5.41) is 18.6. The SMILES string of the molecule is Cc1nn([C@H](C)C(=O)Nc2cc(Cl)ccc2Cl)c(C)c1[N+](=O)[O-]. The second kappa shape index (κ2) is 6.55. The highest BCUT2D eigenvalue weighted by Crippen LogP contribution is 2.28. The Morgan fingerprint density at radius 3 is 2.61 bits per heavy atom. The molecule has 0 saturated carbocycles. The van der Waals surface area contributed by atoms with E-state index in [1.165, 1.54) is 17.7 Å². The van der Waals surface area contributed by atoms with Crippen LogP contribution >= 0.6 is 23.2 Å². The quantitative estimate of drug-likeness (QED) is 0.663. The zero-order valence-electron chi connectivity index (χ0n) is 12.6. The van der Waals surface area contributed by atoms with Crippen molar-refractivity contribution in [1.82, 2.24) is 9.78 Å². The molecule has 0 saturated heterocycles. The van der Waals surface area contributed by atoms with Gasteiger partial charge in [0.15, 0.2) is 0 Å². The van der Waals surface area contributed by atoms with Gasteiger partial charge < -0.3 is 5.32 Å². The molecular weight excluding hydrogens is 343 g/mol. The number of nitrogens with one attached hydrogen (secondary N) is 1. The van der Waals surface area contributed by atoms with Crippen molar-refractivity contribution in [2.45, 2.75) is 26.8 Å². The number of nitrogens with zero attached hydrogens (tertiary/aromatic N) is 3. The van der Waals surface area contributed by atoms with Crippen LogP contribution in [0.2, 0.25) is 10.0 Å². The van der Waals surface area contributed by atoms with Crippen LogP contribution in [0.15, 0.2) is 18.2 Å². The Kier molecular flexibility index (Phi) is 4.91. The number of benzene rings is 1.